The number of nitrogen functional groups attached to an aromatic ring is 1. The summed E-state index contributed by atoms with van der Waals surface area (Å²) in [4.78, 5) is 9.47. The number of anilines is 1. The molecule has 37 heavy (non-hydrogen) atoms. The largest absolute Gasteiger partial charge is 0.872 e. The lowest BCUT2D eigenvalue weighted by Crippen LogP contribution is -2.35. The van der Waals surface area contributed by atoms with Crippen LogP contribution in [0, 0.1) is 10.1 Å². The number of non-ortho nitro benzene ring substituents is 1. The van der Waals surface area contributed by atoms with Gasteiger partial charge in [0.2, 0.25) is 0 Å². The van der Waals surface area contributed by atoms with Crippen molar-refractivity contribution in [1.82, 2.24) is 0 Å². The van der Waals surface area contributed by atoms with E-state index in [1.807, 2.05) is 0 Å². The number of aromatic nitrogens is 1. The predicted molar refractivity (Wildman–Crippen MR) is 134 cm³/mol. The maximum absolute atomic E-state index is 13.6. The Morgan fingerprint density at radius 2 is 1.14 bits per heavy atom. The molecule has 0 aliphatic heterocycles. The smallest absolute Gasteiger partial charge is 0.728 e. The number of hydrogen-bond donors (Lipinski definition) is 1. The van der Waals surface area contributed by atoms with Gasteiger partial charge in [-0.3, -0.25) is 10.1 Å². The number of hydrogen-bond acceptors (Lipinski definition) is 9. The van der Waals surface area contributed by atoms with Gasteiger partial charge in [0.15, 0.2) is 12.4 Å². The van der Waals surface area contributed by atoms with Crippen molar-refractivity contribution in [3.8, 4) is 28.7 Å². The first-order chi connectivity index (χ1) is 17.7. The van der Waals surface area contributed by atoms with Crippen LogP contribution >= 0.6 is 7.75 Å². The summed E-state index contributed by atoms with van der Waals surface area (Å²) < 4.78 is 36.7. The molecular weight excluding hydrogens is 501 g/mol. The predicted octanol–water partition coefficient (Wildman–Crippen LogP) is 4.36. The topological polar surface area (TPSA) is 150 Å². The van der Waals surface area contributed by atoms with Gasteiger partial charge in [0.1, 0.15) is 23.0 Å². The molecule has 12 heteroatoms. The van der Waals surface area contributed by atoms with Gasteiger partial charge in [-0.15, -0.1) is 5.75 Å². The SMILES string of the molecule is COc1ccc(OP(=O)(Oc2ccc(OC)cc2)[n+]2ccc(N)cc2)cc1.O=[N+]([O-])c1ccc([O-])cc1. The average molecular weight is 525 g/mol. The van der Waals surface area contributed by atoms with Gasteiger partial charge in [-0.05, 0) is 48.5 Å². The first-order valence-corrected chi connectivity index (χ1v) is 12.2. The molecule has 4 aromatic rings. The maximum atomic E-state index is 13.6. The van der Waals surface area contributed by atoms with Crippen LogP contribution in [-0.2, 0) is 4.57 Å². The number of rotatable bonds is 8. The minimum absolute atomic E-state index is 0.0559. The van der Waals surface area contributed by atoms with Gasteiger partial charge in [0, 0.05) is 30.0 Å². The third-order valence-electron chi connectivity index (χ3n) is 4.73. The van der Waals surface area contributed by atoms with E-state index in [4.69, 9.17) is 24.3 Å². The van der Waals surface area contributed by atoms with Gasteiger partial charge in [0.05, 0.1) is 19.1 Å². The molecule has 0 aliphatic carbocycles. The third-order valence-corrected chi connectivity index (χ3v) is 6.45. The molecule has 0 radical (unpaired) electrons. The van der Waals surface area contributed by atoms with Gasteiger partial charge in [-0.2, -0.15) is 4.57 Å². The van der Waals surface area contributed by atoms with Crippen molar-refractivity contribution in [2.45, 2.75) is 0 Å². The molecule has 0 spiro atoms. The number of nitro groups is 1. The van der Waals surface area contributed by atoms with Crippen molar-refractivity contribution in [3.05, 3.63) is 107 Å². The van der Waals surface area contributed by atoms with E-state index in [-0.39, 0.29) is 11.4 Å². The molecule has 2 N–H and O–H groups in total. The van der Waals surface area contributed by atoms with Crippen molar-refractivity contribution < 1.29 is 37.5 Å². The summed E-state index contributed by atoms with van der Waals surface area (Å²) in [5.41, 5.74) is 6.20. The van der Waals surface area contributed by atoms with E-state index in [2.05, 4.69) is 0 Å². The van der Waals surface area contributed by atoms with E-state index in [9.17, 15) is 19.8 Å². The molecule has 1 aromatic heterocycles. The summed E-state index contributed by atoms with van der Waals surface area (Å²) in [6.07, 6.45) is 3.09. The Morgan fingerprint density at radius 1 is 0.730 bits per heavy atom. The summed E-state index contributed by atoms with van der Waals surface area (Å²) in [5, 5.41) is 20.4. The first kappa shape index (κ1) is 26.8. The molecule has 0 aliphatic rings. The van der Waals surface area contributed by atoms with E-state index in [0.717, 1.165) is 12.1 Å². The van der Waals surface area contributed by atoms with Crippen LogP contribution < -0.4 is 33.7 Å². The van der Waals surface area contributed by atoms with E-state index < -0.39 is 12.7 Å². The van der Waals surface area contributed by atoms with Crippen molar-refractivity contribution in [2.24, 2.45) is 0 Å². The quantitative estimate of drug-likeness (QED) is 0.201. The zero-order valence-electron chi connectivity index (χ0n) is 19.9. The van der Waals surface area contributed by atoms with Crippen LogP contribution in [0.3, 0.4) is 0 Å². The molecule has 11 nitrogen and oxygen atoms in total. The fraction of sp³-hybridized carbons (Fsp3) is 0.0800. The fourth-order valence-corrected chi connectivity index (χ4v) is 4.28. The van der Waals surface area contributed by atoms with Crippen LogP contribution in [0.5, 0.6) is 28.7 Å². The summed E-state index contributed by atoms with van der Waals surface area (Å²) >= 11 is 0. The fourth-order valence-electron chi connectivity index (χ4n) is 2.81. The highest BCUT2D eigenvalue weighted by atomic mass is 31.2. The highest BCUT2D eigenvalue weighted by molar-refractivity contribution is 7.47. The van der Waals surface area contributed by atoms with Crippen LogP contribution in [0.2, 0.25) is 0 Å². The Labute approximate surface area is 213 Å². The van der Waals surface area contributed by atoms with Gasteiger partial charge < -0.3 is 29.4 Å². The van der Waals surface area contributed by atoms with E-state index in [1.54, 1.807) is 87.3 Å². The van der Waals surface area contributed by atoms with E-state index >= 15 is 0 Å². The molecule has 0 saturated carbocycles. The number of methoxy groups -OCH3 is 2. The standard InChI is InChI=1S/C19H19N2O5P.C6H5NO3/c1-23-16-3-7-18(8-4-16)25-27(22,21-13-11-15(20)12-14-21)26-19-9-5-17(24-2)6-10-19;8-6-3-1-5(2-4-6)7(9)10/h3-14,20H,1-2H3;1-4,8H. The number of ether oxygens (including phenoxy) is 2. The third kappa shape index (κ3) is 7.61. The van der Waals surface area contributed by atoms with Gasteiger partial charge in [-0.1, -0.05) is 16.5 Å². The number of benzene rings is 3. The molecule has 4 rings (SSSR count). The number of nitrogens with two attached hydrogens (primary N) is 1. The van der Waals surface area contributed by atoms with Crippen molar-refractivity contribution in [1.29, 1.82) is 0 Å². The minimum atomic E-state index is -3.80. The zero-order chi connectivity index (χ0) is 26.8. The van der Waals surface area contributed by atoms with Crippen LogP contribution in [0.4, 0.5) is 11.4 Å². The lowest BCUT2D eigenvalue weighted by Gasteiger charge is -2.14. The molecule has 0 atom stereocenters. The molecule has 0 unspecified atom stereocenters. The minimum Gasteiger partial charge on any atom is -0.872 e. The normalized spacial score (nSPS) is 10.4. The monoisotopic (exact) mass is 525 g/mol. The molecule has 0 saturated heterocycles. The van der Waals surface area contributed by atoms with Crippen LogP contribution in [-0.4, -0.2) is 19.1 Å². The van der Waals surface area contributed by atoms with E-state index in [0.29, 0.717) is 28.7 Å². The van der Waals surface area contributed by atoms with Crippen LogP contribution in [0.25, 0.3) is 0 Å². The van der Waals surface area contributed by atoms with Crippen molar-refractivity contribution >= 4 is 19.1 Å². The summed E-state index contributed by atoms with van der Waals surface area (Å²) in [5.74, 6) is 1.85. The van der Waals surface area contributed by atoms with Crippen molar-refractivity contribution in [2.75, 3.05) is 20.0 Å². The molecule has 0 amide bonds. The summed E-state index contributed by atoms with van der Waals surface area (Å²) in [6, 6.07) is 21.4. The summed E-state index contributed by atoms with van der Waals surface area (Å²) in [7, 11) is -0.669. The van der Waals surface area contributed by atoms with Gasteiger partial charge in [0.25, 0.3) is 5.69 Å². The molecule has 3 aromatic carbocycles. The highest BCUT2D eigenvalue weighted by Crippen LogP contribution is 2.44. The number of pyridine rings is 1. The van der Waals surface area contributed by atoms with E-state index in [1.165, 1.54) is 16.5 Å². The number of nitro benzene ring substituents is 1. The first-order valence-electron chi connectivity index (χ1n) is 10.7. The molecule has 1 heterocycles. The summed E-state index contributed by atoms with van der Waals surface area (Å²) in [6.45, 7) is 0. The maximum Gasteiger partial charge on any atom is 0.728 e. The van der Waals surface area contributed by atoms with Gasteiger partial charge in [-0.25, -0.2) is 0 Å². The Kier molecular flexibility index (Phi) is 8.90. The Balaban J connectivity index is 0.000000319. The lowest BCUT2D eigenvalue weighted by atomic mass is 10.3. The average Bonchev–Trinajstić information content (AvgIpc) is 2.90. The highest BCUT2D eigenvalue weighted by Gasteiger charge is 2.42. The molecular formula is C25H24N3O8P. The Bertz CT molecular complexity index is 1290. The number of nitrogens with zero attached hydrogens (tertiary/aromatic N) is 2. The molecule has 192 valence electrons. The molecule has 0 fully saturated rings. The second-order valence-corrected chi connectivity index (χ2v) is 9.03. The Hall–Kier alpha value is -4.76. The second-order valence-electron chi connectivity index (χ2n) is 7.26. The second kappa shape index (κ2) is 12.3. The van der Waals surface area contributed by atoms with Crippen LogP contribution in [0.1, 0.15) is 0 Å². The lowest BCUT2D eigenvalue weighted by molar-refractivity contribution is -0.536. The van der Waals surface area contributed by atoms with Crippen LogP contribution in [0.15, 0.2) is 97.3 Å². The van der Waals surface area contributed by atoms with Crippen molar-refractivity contribution in [3.63, 3.8) is 0 Å². The molecule has 0 bridgehead atoms. The Morgan fingerprint density at radius 3 is 1.51 bits per heavy atom. The van der Waals surface area contributed by atoms with Gasteiger partial charge >= 0.3 is 7.75 Å². The zero-order valence-corrected chi connectivity index (χ0v) is 20.8.